The second-order valence-electron chi connectivity index (χ2n) is 6.91. The predicted octanol–water partition coefficient (Wildman–Crippen LogP) is 3.09. The second-order valence-corrected chi connectivity index (χ2v) is 6.91. The Morgan fingerprint density at radius 1 is 1.07 bits per heavy atom. The Labute approximate surface area is 167 Å². The number of benzene rings is 2. The fourth-order valence-electron chi connectivity index (χ4n) is 3.12. The Morgan fingerprint density at radius 3 is 2.48 bits per heavy atom. The van der Waals surface area contributed by atoms with E-state index in [1.807, 2.05) is 55.5 Å². The van der Waals surface area contributed by atoms with Crippen molar-refractivity contribution in [2.45, 2.75) is 26.8 Å². The van der Waals surface area contributed by atoms with E-state index in [0.717, 1.165) is 17.7 Å². The van der Waals surface area contributed by atoms with Gasteiger partial charge in [0.2, 0.25) is 5.91 Å². The summed E-state index contributed by atoms with van der Waals surface area (Å²) >= 11 is 0. The minimum Gasteiger partial charge on any atom is -0.325 e. The molecule has 7 heteroatoms. The molecule has 0 bridgehead atoms. The quantitative estimate of drug-likeness (QED) is 0.571. The fraction of sp³-hybridized carbons (Fsp3) is 0.182. The zero-order valence-electron chi connectivity index (χ0n) is 16.3. The van der Waals surface area contributed by atoms with E-state index in [0.29, 0.717) is 16.7 Å². The van der Waals surface area contributed by atoms with Crippen LogP contribution in [0.15, 0.2) is 65.8 Å². The molecule has 0 aliphatic heterocycles. The molecule has 7 nitrogen and oxygen atoms in total. The summed E-state index contributed by atoms with van der Waals surface area (Å²) < 4.78 is 2.91. The number of amides is 1. The normalized spacial score (nSPS) is 11.0. The van der Waals surface area contributed by atoms with Crippen molar-refractivity contribution in [2.75, 3.05) is 5.32 Å². The second kappa shape index (κ2) is 7.71. The highest BCUT2D eigenvalue weighted by atomic mass is 16.2. The number of anilines is 1. The molecule has 0 saturated heterocycles. The van der Waals surface area contributed by atoms with Gasteiger partial charge in [0.15, 0.2) is 5.65 Å². The van der Waals surface area contributed by atoms with E-state index in [1.54, 1.807) is 4.68 Å². The van der Waals surface area contributed by atoms with Gasteiger partial charge in [-0.05, 0) is 43.2 Å². The molecule has 1 amide bonds. The smallest absolute Gasteiger partial charge is 0.264 e. The SMILES string of the molecule is CCc1ccc(NC(=O)Cn2cnc3c(cnn3-c3ccc(C)cc3)c2=O)cc1. The number of nitrogens with zero attached hydrogens (tertiary/aromatic N) is 4. The first-order chi connectivity index (χ1) is 14.0. The van der Waals surface area contributed by atoms with Crippen molar-refractivity contribution >= 4 is 22.6 Å². The van der Waals surface area contributed by atoms with Crippen LogP contribution >= 0.6 is 0 Å². The van der Waals surface area contributed by atoms with Gasteiger partial charge in [-0.2, -0.15) is 5.10 Å². The molecule has 0 aliphatic rings. The van der Waals surface area contributed by atoms with E-state index >= 15 is 0 Å². The summed E-state index contributed by atoms with van der Waals surface area (Å²) in [6, 6.07) is 15.4. The van der Waals surface area contributed by atoms with E-state index in [1.165, 1.54) is 22.7 Å². The molecule has 4 rings (SSSR count). The molecule has 0 atom stereocenters. The number of aryl methyl sites for hydroxylation is 2. The fourth-order valence-corrected chi connectivity index (χ4v) is 3.12. The number of fused-ring (bicyclic) bond motifs is 1. The third-order valence-electron chi connectivity index (χ3n) is 4.79. The van der Waals surface area contributed by atoms with Crippen LogP contribution in [0.2, 0.25) is 0 Å². The monoisotopic (exact) mass is 387 g/mol. The number of carbonyl (C=O) groups excluding carboxylic acids is 1. The van der Waals surface area contributed by atoms with E-state index in [4.69, 9.17) is 0 Å². The van der Waals surface area contributed by atoms with Crippen molar-refractivity contribution in [1.29, 1.82) is 0 Å². The van der Waals surface area contributed by atoms with Crippen LogP contribution < -0.4 is 10.9 Å². The zero-order valence-corrected chi connectivity index (χ0v) is 16.3. The first-order valence-corrected chi connectivity index (χ1v) is 9.44. The van der Waals surface area contributed by atoms with Gasteiger partial charge in [0.1, 0.15) is 18.3 Å². The van der Waals surface area contributed by atoms with Crippen LogP contribution in [0.3, 0.4) is 0 Å². The average molecular weight is 387 g/mol. The van der Waals surface area contributed by atoms with Crippen LogP contribution in [0, 0.1) is 6.92 Å². The average Bonchev–Trinajstić information content (AvgIpc) is 3.16. The maximum absolute atomic E-state index is 12.8. The van der Waals surface area contributed by atoms with Crippen LogP contribution in [0.25, 0.3) is 16.7 Å². The molecule has 0 spiro atoms. The molecular weight excluding hydrogens is 366 g/mol. The predicted molar refractivity (Wildman–Crippen MR) is 112 cm³/mol. The molecule has 2 aromatic heterocycles. The maximum Gasteiger partial charge on any atom is 0.264 e. The molecular formula is C22H21N5O2. The lowest BCUT2D eigenvalue weighted by atomic mass is 10.1. The van der Waals surface area contributed by atoms with Gasteiger partial charge in [0.05, 0.1) is 11.9 Å². The van der Waals surface area contributed by atoms with Crippen LogP contribution in [-0.2, 0) is 17.8 Å². The number of aromatic nitrogens is 4. The molecule has 4 aromatic rings. The van der Waals surface area contributed by atoms with Crippen molar-refractivity contribution in [3.05, 3.63) is 82.5 Å². The molecule has 0 unspecified atom stereocenters. The summed E-state index contributed by atoms with van der Waals surface area (Å²) in [4.78, 5) is 29.5. The van der Waals surface area contributed by atoms with E-state index < -0.39 is 0 Å². The summed E-state index contributed by atoms with van der Waals surface area (Å²) in [7, 11) is 0. The van der Waals surface area contributed by atoms with Gasteiger partial charge in [0.25, 0.3) is 5.56 Å². The minimum absolute atomic E-state index is 0.118. The lowest BCUT2D eigenvalue weighted by Gasteiger charge is -2.08. The van der Waals surface area contributed by atoms with E-state index in [9.17, 15) is 9.59 Å². The molecule has 1 N–H and O–H groups in total. The Balaban J connectivity index is 1.56. The van der Waals surface area contributed by atoms with Crippen molar-refractivity contribution in [3.8, 4) is 5.69 Å². The Hall–Kier alpha value is -3.74. The topological polar surface area (TPSA) is 81.8 Å². The van der Waals surface area contributed by atoms with Crippen LogP contribution in [0.4, 0.5) is 5.69 Å². The molecule has 146 valence electrons. The van der Waals surface area contributed by atoms with Gasteiger partial charge in [0, 0.05) is 5.69 Å². The molecule has 29 heavy (non-hydrogen) atoms. The van der Waals surface area contributed by atoms with Gasteiger partial charge in [-0.3, -0.25) is 14.2 Å². The molecule has 0 radical (unpaired) electrons. The van der Waals surface area contributed by atoms with E-state index in [-0.39, 0.29) is 18.0 Å². The summed E-state index contributed by atoms with van der Waals surface area (Å²) in [6.07, 6.45) is 3.81. The van der Waals surface area contributed by atoms with Crippen molar-refractivity contribution in [1.82, 2.24) is 19.3 Å². The van der Waals surface area contributed by atoms with Crippen molar-refractivity contribution < 1.29 is 4.79 Å². The molecule has 0 fully saturated rings. The molecule has 0 aliphatic carbocycles. The van der Waals surface area contributed by atoms with Crippen molar-refractivity contribution in [3.63, 3.8) is 0 Å². The molecule has 0 saturated carbocycles. The van der Waals surface area contributed by atoms with Gasteiger partial charge >= 0.3 is 0 Å². The standard InChI is InChI=1S/C22H21N5O2/c1-3-16-6-8-17(9-7-16)25-20(28)13-26-14-23-21-19(22(26)29)12-24-27(21)18-10-4-15(2)5-11-18/h4-12,14H,3,13H2,1-2H3,(H,25,28). The number of rotatable bonds is 5. The summed E-state index contributed by atoms with van der Waals surface area (Å²) in [5.74, 6) is -0.288. The Morgan fingerprint density at radius 2 is 1.79 bits per heavy atom. The van der Waals surface area contributed by atoms with Gasteiger partial charge in [-0.1, -0.05) is 36.8 Å². The van der Waals surface area contributed by atoms with Crippen LogP contribution in [0.5, 0.6) is 0 Å². The largest absolute Gasteiger partial charge is 0.325 e. The summed E-state index contributed by atoms with van der Waals surface area (Å²) in [6.45, 7) is 3.96. The highest BCUT2D eigenvalue weighted by Gasteiger charge is 2.13. The zero-order chi connectivity index (χ0) is 20.4. The van der Waals surface area contributed by atoms with Crippen LogP contribution in [0.1, 0.15) is 18.1 Å². The highest BCUT2D eigenvalue weighted by molar-refractivity contribution is 5.90. The lowest BCUT2D eigenvalue weighted by molar-refractivity contribution is -0.116. The van der Waals surface area contributed by atoms with E-state index in [2.05, 4.69) is 22.3 Å². The first-order valence-electron chi connectivity index (χ1n) is 9.44. The number of nitrogens with one attached hydrogen (secondary N) is 1. The highest BCUT2D eigenvalue weighted by Crippen LogP contribution is 2.14. The minimum atomic E-state index is -0.301. The lowest BCUT2D eigenvalue weighted by Crippen LogP contribution is -2.27. The third-order valence-corrected chi connectivity index (χ3v) is 4.79. The maximum atomic E-state index is 12.8. The number of hydrogen-bond acceptors (Lipinski definition) is 4. The third kappa shape index (κ3) is 3.80. The first kappa shape index (κ1) is 18.6. The Kier molecular flexibility index (Phi) is 4.95. The van der Waals surface area contributed by atoms with Crippen molar-refractivity contribution in [2.24, 2.45) is 0 Å². The molecule has 2 heterocycles. The summed E-state index contributed by atoms with van der Waals surface area (Å²) in [5, 5.41) is 7.48. The van der Waals surface area contributed by atoms with Gasteiger partial charge < -0.3 is 5.32 Å². The number of carbonyl (C=O) groups is 1. The Bertz CT molecular complexity index is 1220. The number of hydrogen-bond donors (Lipinski definition) is 1. The van der Waals surface area contributed by atoms with Crippen LogP contribution in [-0.4, -0.2) is 25.2 Å². The molecule has 2 aromatic carbocycles. The van der Waals surface area contributed by atoms with Gasteiger partial charge in [-0.25, -0.2) is 9.67 Å². The van der Waals surface area contributed by atoms with Gasteiger partial charge in [-0.15, -0.1) is 0 Å². The summed E-state index contributed by atoms with van der Waals surface area (Å²) in [5.41, 5.74) is 4.01.